The summed E-state index contributed by atoms with van der Waals surface area (Å²) in [6.07, 6.45) is 4.73. The minimum absolute atomic E-state index is 0.167. The van der Waals surface area contributed by atoms with Crippen LogP contribution >= 0.6 is 11.3 Å². The Labute approximate surface area is 313 Å². The van der Waals surface area contributed by atoms with Crippen molar-refractivity contribution in [1.29, 1.82) is 5.26 Å². The number of nitrogens with one attached hydrogen (secondary N) is 2. The van der Waals surface area contributed by atoms with Crippen LogP contribution in [0.5, 0.6) is 0 Å². The van der Waals surface area contributed by atoms with Crippen molar-refractivity contribution in [3.63, 3.8) is 0 Å². The molecule has 1 saturated carbocycles. The summed E-state index contributed by atoms with van der Waals surface area (Å²) in [5.74, 6) is -1.88. The quantitative estimate of drug-likeness (QED) is 0.236. The lowest BCUT2D eigenvalue weighted by molar-refractivity contribution is -0.155. The van der Waals surface area contributed by atoms with Gasteiger partial charge in [-0.2, -0.15) is 5.26 Å². The largest absolute Gasteiger partial charge is 0.464 e. The maximum absolute atomic E-state index is 14.1. The van der Waals surface area contributed by atoms with E-state index in [4.69, 9.17) is 19.4 Å². The molecule has 1 saturated heterocycles. The summed E-state index contributed by atoms with van der Waals surface area (Å²) in [6, 6.07) is 11.0. The maximum Gasteiger partial charge on any atom is 0.324 e. The van der Waals surface area contributed by atoms with E-state index in [0.717, 1.165) is 51.2 Å². The highest BCUT2D eigenvalue weighted by Crippen LogP contribution is 2.42. The third kappa shape index (κ3) is 7.20. The second-order valence-electron chi connectivity index (χ2n) is 15.2. The monoisotopic (exact) mass is 737 g/mol. The summed E-state index contributed by atoms with van der Waals surface area (Å²) in [5.41, 5.74) is 9.47. The van der Waals surface area contributed by atoms with Crippen LogP contribution in [0.15, 0.2) is 41.9 Å². The highest BCUT2D eigenvalue weighted by atomic mass is 32.1. The summed E-state index contributed by atoms with van der Waals surface area (Å²) in [4.78, 5) is 50.9. The Morgan fingerprint density at radius 2 is 2.08 bits per heavy atom. The molecule has 5 atom stereocenters. The third-order valence-corrected chi connectivity index (χ3v) is 11.8. The molecule has 0 spiro atoms. The van der Waals surface area contributed by atoms with Crippen molar-refractivity contribution in [2.45, 2.75) is 91.0 Å². The molecule has 12 nitrogen and oxygen atoms in total. The number of carbonyl (C=O) groups excluding carboxylic acids is 3. The van der Waals surface area contributed by atoms with Crippen molar-refractivity contribution in [3.8, 4) is 28.6 Å². The molecule has 2 N–H and O–H groups in total. The van der Waals surface area contributed by atoms with Gasteiger partial charge in [0.25, 0.3) is 5.91 Å². The van der Waals surface area contributed by atoms with E-state index >= 15 is 0 Å². The summed E-state index contributed by atoms with van der Waals surface area (Å²) >= 11 is 1.44. The molecule has 0 radical (unpaired) electrons. The van der Waals surface area contributed by atoms with Crippen molar-refractivity contribution in [2.24, 2.45) is 17.3 Å². The molecule has 2 amide bonds. The number of fused-ring (bicyclic) bond motifs is 6. The number of nitrogens with zero attached hydrogens (tertiary/aromatic N) is 5. The zero-order chi connectivity index (χ0) is 37.4. The number of benzene rings is 1. The number of methoxy groups -OCH3 is 1. The van der Waals surface area contributed by atoms with Gasteiger partial charge in [0.15, 0.2) is 0 Å². The lowest BCUT2D eigenvalue weighted by Crippen LogP contribution is -2.61. The molecule has 6 bridgehead atoms. The molecule has 4 aromatic rings. The van der Waals surface area contributed by atoms with Crippen LogP contribution in [0.4, 0.5) is 0 Å². The Morgan fingerprint density at radius 1 is 1.25 bits per heavy atom. The first-order valence-corrected chi connectivity index (χ1v) is 19.4. The molecule has 13 heteroatoms. The Balaban J connectivity index is 1.34. The Bertz CT molecular complexity index is 2080. The predicted octanol–water partition coefficient (Wildman–Crippen LogP) is 5.75. The van der Waals surface area contributed by atoms with Gasteiger partial charge in [0.1, 0.15) is 12.1 Å². The van der Waals surface area contributed by atoms with Gasteiger partial charge >= 0.3 is 5.97 Å². The number of hydrogen-bond acceptors (Lipinski definition) is 10. The second kappa shape index (κ2) is 15.0. The first-order chi connectivity index (χ1) is 25.5. The van der Waals surface area contributed by atoms with Crippen LogP contribution in [0, 0.1) is 28.6 Å². The number of hydrogen-bond donors (Lipinski definition) is 2. The summed E-state index contributed by atoms with van der Waals surface area (Å²) in [7, 11) is 1.69. The highest BCUT2D eigenvalue weighted by Gasteiger charge is 2.40. The summed E-state index contributed by atoms with van der Waals surface area (Å²) in [6.45, 7) is 9.61. The first-order valence-electron chi connectivity index (χ1n) is 18.5. The molecule has 7 rings (SSSR count). The fourth-order valence-corrected chi connectivity index (χ4v) is 8.66. The average Bonchev–Trinajstić information content (AvgIpc) is 3.74. The van der Waals surface area contributed by atoms with Crippen LogP contribution in [-0.4, -0.2) is 69.7 Å². The molecule has 5 heterocycles. The minimum atomic E-state index is -0.931. The molecule has 1 unspecified atom stereocenters. The molecule has 2 fully saturated rings. The molecular formula is C40H47N7O5S. The van der Waals surface area contributed by atoms with Crippen LogP contribution in [-0.2, 0) is 43.2 Å². The third-order valence-electron chi connectivity index (χ3n) is 10.9. The molecular weight excluding hydrogens is 691 g/mol. The van der Waals surface area contributed by atoms with Crippen LogP contribution in [0.1, 0.15) is 75.7 Å². The van der Waals surface area contributed by atoms with E-state index < -0.39 is 29.4 Å². The molecule has 3 aliphatic rings. The number of carbonyl (C=O) groups is 3. The smallest absolute Gasteiger partial charge is 0.324 e. The number of ether oxygens (including phenoxy) is 2. The molecule has 2 aliphatic heterocycles. The van der Waals surface area contributed by atoms with Crippen molar-refractivity contribution < 1.29 is 23.9 Å². The van der Waals surface area contributed by atoms with Gasteiger partial charge in [-0.15, -0.1) is 11.3 Å². The van der Waals surface area contributed by atoms with Gasteiger partial charge in [0.05, 0.1) is 52.7 Å². The lowest BCUT2D eigenvalue weighted by Gasteiger charge is -2.36. The standard InChI is InChI=1S/C40H47N7O5S/c1-6-46-33-14-12-24-17-28(33)29(36(46)27-9-7-15-42-35(27)23(2)51-5)19-40(3,4)22-52-39(50)30-10-8-16-47(45-30)38(49)31(18-34-43-32(24)21-53-34)44-37(48)26-13-11-25(26)20-41/h7,9,12,14-15,17,21,23,25-26,30-31,45H,6,8,10-11,13,16,18-19,22H2,1-5H3,(H,44,48)/t23-,25?,26-,30-,31-/m0/s1. The number of aromatic nitrogens is 3. The van der Waals surface area contributed by atoms with Gasteiger partial charge in [-0.1, -0.05) is 19.9 Å². The maximum atomic E-state index is 14.1. The zero-order valence-electron chi connectivity index (χ0n) is 31.0. The van der Waals surface area contributed by atoms with Crippen LogP contribution < -0.4 is 10.7 Å². The van der Waals surface area contributed by atoms with Crippen molar-refractivity contribution in [1.82, 2.24) is 30.3 Å². The van der Waals surface area contributed by atoms with Gasteiger partial charge in [-0.25, -0.2) is 10.4 Å². The van der Waals surface area contributed by atoms with Gasteiger partial charge in [-0.3, -0.25) is 24.4 Å². The number of thiazole rings is 1. The van der Waals surface area contributed by atoms with Gasteiger partial charge in [-0.05, 0) is 75.8 Å². The number of aryl methyl sites for hydroxylation is 1. The molecule has 53 heavy (non-hydrogen) atoms. The predicted molar refractivity (Wildman–Crippen MR) is 201 cm³/mol. The van der Waals surface area contributed by atoms with Crippen LogP contribution in [0.3, 0.4) is 0 Å². The molecule has 3 aromatic heterocycles. The van der Waals surface area contributed by atoms with E-state index in [1.54, 1.807) is 13.3 Å². The highest BCUT2D eigenvalue weighted by molar-refractivity contribution is 7.10. The van der Waals surface area contributed by atoms with E-state index in [0.29, 0.717) is 43.7 Å². The molecule has 1 aromatic carbocycles. The molecule has 278 valence electrons. The Morgan fingerprint density at radius 3 is 2.81 bits per heavy atom. The fourth-order valence-electron chi connectivity index (χ4n) is 7.81. The number of hydrazine groups is 1. The Kier molecular flexibility index (Phi) is 10.4. The Hall–Kier alpha value is -4.64. The van der Waals surface area contributed by atoms with E-state index in [2.05, 4.69) is 66.4 Å². The van der Waals surface area contributed by atoms with E-state index in [9.17, 15) is 19.6 Å². The van der Waals surface area contributed by atoms with Crippen LogP contribution in [0.25, 0.3) is 33.4 Å². The number of pyridine rings is 1. The summed E-state index contributed by atoms with van der Waals surface area (Å²) in [5, 5.41) is 17.7. The minimum Gasteiger partial charge on any atom is -0.464 e. The number of cyclic esters (lactones) is 1. The van der Waals surface area contributed by atoms with Gasteiger partial charge in [0, 0.05) is 65.6 Å². The normalized spacial score (nSPS) is 23.7. The average molecular weight is 738 g/mol. The van der Waals surface area contributed by atoms with Crippen molar-refractivity contribution >= 4 is 40.0 Å². The lowest BCUT2D eigenvalue weighted by atomic mass is 9.74. The number of nitriles is 1. The number of rotatable bonds is 6. The number of amides is 2. The van der Waals surface area contributed by atoms with Crippen molar-refractivity contribution in [2.75, 3.05) is 20.3 Å². The molecule has 1 aliphatic carbocycles. The van der Waals surface area contributed by atoms with E-state index in [-0.39, 0.29) is 36.9 Å². The van der Waals surface area contributed by atoms with Crippen LogP contribution in [0.2, 0.25) is 0 Å². The summed E-state index contributed by atoms with van der Waals surface area (Å²) < 4.78 is 14.1. The van der Waals surface area contributed by atoms with Crippen molar-refractivity contribution in [3.05, 3.63) is 58.2 Å². The van der Waals surface area contributed by atoms with Gasteiger partial charge < -0.3 is 19.4 Å². The SMILES string of the molecule is CCn1c(-c2cccnc2[C@H](C)OC)c2c3cc(ccc31)-c1csc(n1)C[C@H](NC(=O)[C@H]1CCC1C#N)C(=O)N1CCC[C@H](N1)C(=O)OCC(C)(C)C2. The topological polar surface area (TPSA) is 151 Å². The zero-order valence-corrected chi connectivity index (χ0v) is 31.8. The number of esters is 1. The second-order valence-corrected chi connectivity index (χ2v) is 16.1. The van der Waals surface area contributed by atoms with E-state index in [1.165, 1.54) is 16.3 Å². The van der Waals surface area contributed by atoms with Gasteiger partial charge in [0.2, 0.25) is 5.91 Å². The van der Waals surface area contributed by atoms with E-state index in [1.807, 2.05) is 18.4 Å². The fraction of sp³-hybridized carbons (Fsp3) is 0.500. The first kappa shape index (κ1) is 36.7.